The molecular formula is C9H16O5S. The minimum Gasteiger partial charge on any atom is -0.378 e. The maximum Gasteiger partial charge on any atom is 0.264 e. The molecule has 2 heterocycles. The molecule has 15 heavy (non-hydrogen) atoms. The van der Waals surface area contributed by atoms with Gasteiger partial charge < -0.3 is 9.47 Å². The van der Waals surface area contributed by atoms with Gasteiger partial charge in [-0.15, -0.1) is 0 Å². The summed E-state index contributed by atoms with van der Waals surface area (Å²) < 4.78 is 38.0. The molecule has 0 aromatic heterocycles. The topological polar surface area (TPSA) is 61.8 Å². The summed E-state index contributed by atoms with van der Waals surface area (Å²) in [5.41, 5.74) is -0.298. The first-order chi connectivity index (χ1) is 6.99. The highest BCUT2D eigenvalue weighted by Crippen LogP contribution is 2.34. The van der Waals surface area contributed by atoms with Gasteiger partial charge in [-0.3, -0.25) is 4.18 Å². The van der Waals surface area contributed by atoms with E-state index in [1.165, 1.54) is 0 Å². The highest BCUT2D eigenvalue weighted by molar-refractivity contribution is 7.86. The van der Waals surface area contributed by atoms with E-state index in [9.17, 15) is 8.42 Å². The molecule has 0 amide bonds. The molecule has 2 aliphatic rings. The van der Waals surface area contributed by atoms with Gasteiger partial charge in [-0.1, -0.05) is 0 Å². The monoisotopic (exact) mass is 236 g/mol. The van der Waals surface area contributed by atoms with E-state index in [1.54, 1.807) is 0 Å². The Kier molecular flexibility index (Phi) is 3.03. The normalized spacial score (nSPS) is 37.3. The smallest absolute Gasteiger partial charge is 0.264 e. The molecule has 0 aromatic rings. The van der Waals surface area contributed by atoms with E-state index in [4.69, 9.17) is 13.7 Å². The number of hydrogen-bond donors (Lipinski definition) is 0. The maximum absolute atomic E-state index is 11.0. The fourth-order valence-corrected chi connectivity index (χ4v) is 2.83. The predicted molar refractivity (Wildman–Crippen MR) is 53.1 cm³/mol. The van der Waals surface area contributed by atoms with E-state index in [0.717, 1.165) is 12.7 Å². The van der Waals surface area contributed by atoms with Crippen molar-refractivity contribution in [2.45, 2.75) is 31.0 Å². The quantitative estimate of drug-likeness (QED) is 0.645. The van der Waals surface area contributed by atoms with Gasteiger partial charge in [-0.2, -0.15) is 8.42 Å². The summed E-state index contributed by atoms with van der Waals surface area (Å²) in [5, 5.41) is 0. The standard InChI is InChI=1S/C9H16O5S/c1-15(10,11)14-8-2-4-13-9(6-8)3-5-12-7-9/h8H,2-7H2,1H3/t8-,9-/m1/s1. The molecule has 2 fully saturated rings. The second-order valence-electron chi connectivity index (χ2n) is 4.25. The van der Waals surface area contributed by atoms with Crippen molar-refractivity contribution in [3.05, 3.63) is 0 Å². The second-order valence-corrected chi connectivity index (χ2v) is 5.85. The van der Waals surface area contributed by atoms with Crippen molar-refractivity contribution in [3.8, 4) is 0 Å². The van der Waals surface area contributed by atoms with Crippen LogP contribution in [0, 0.1) is 0 Å². The number of rotatable bonds is 2. The third-order valence-corrected chi connectivity index (χ3v) is 3.45. The summed E-state index contributed by atoms with van der Waals surface area (Å²) in [7, 11) is -3.37. The number of ether oxygens (including phenoxy) is 2. The summed E-state index contributed by atoms with van der Waals surface area (Å²) in [6.07, 6.45) is 2.90. The van der Waals surface area contributed by atoms with E-state index >= 15 is 0 Å². The molecule has 2 saturated heterocycles. The molecule has 2 aliphatic heterocycles. The lowest BCUT2D eigenvalue weighted by molar-refractivity contribution is -0.111. The molecule has 0 N–H and O–H groups in total. The summed E-state index contributed by atoms with van der Waals surface area (Å²) in [4.78, 5) is 0. The van der Waals surface area contributed by atoms with Crippen LogP contribution in [0.2, 0.25) is 0 Å². The maximum atomic E-state index is 11.0. The van der Waals surface area contributed by atoms with Crippen LogP contribution < -0.4 is 0 Å². The second kappa shape index (κ2) is 4.01. The minimum absolute atomic E-state index is 0.254. The van der Waals surface area contributed by atoms with E-state index in [1.807, 2.05) is 0 Å². The SMILES string of the molecule is CS(=O)(=O)O[C@@H]1CCO[C@]2(CCOC2)C1. The van der Waals surface area contributed by atoms with Crippen LogP contribution in [0.4, 0.5) is 0 Å². The first kappa shape index (κ1) is 11.3. The van der Waals surface area contributed by atoms with Crippen LogP contribution in [-0.2, 0) is 23.8 Å². The average Bonchev–Trinajstić information content (AvgIpc) is 2.50. The summed E-state index contributed by atoms with van der Waals surface area (Å²) in [6, 6.07) is 0. The van der Waals surface area contributed by atoms with E-state index in [2.05, 4.69) is 0 Å². The van der Waals surface area contributed by atoms with E-state index in [-0.39, 0.29) is 11.7 Å². The third kappa shape index (κ3) is 2.90. The Balaban J connectivity index is 1.98. The Morgan fingerprint density at radius 2 is 2.20 bits per heavy atom. The molecule has 2 rings (SSSR count). The van der Waals surface area contributed by atoms with Crippen LogP contribution >= 0.6 is 0 Å². The lowest BCUT2D eigenvalue weighted by Crippen LogP contribution is -2.43. The first-order valence-electron chi connectivity index (χ1n) is 5.09. The van der Waals surface area contributed by atoms with Crippen molar-refractivity contribution in [3.63, 3.8) is 0 Å². The van der Waals surface area contributed by atoms with Crippen LogP contribution in [0.5, 0.6) is 0 Å². The zero-order valence-corrected chi connectivity index (χ0v) is 9.59. The van der Waals surface area contributed by atoms with E-state index < -0.39 is 10.1 Å². The molecule has 0 aromatic carbocycles. The largest absolute Gasteiger partial charge is 0.378 e. The lowest BCUT2D eigenvalue weighted by atomic mass is 9.91. The van der Waals surface area contributed by atoms with Crippen LogP contribution in [0.1, 0.15) is 19.3 Å². The van der Waals surface area contributed by atoms with Crippen molar-refractivity contribution >= 4 is 10.1 Å². The van der Waals surface area contributed by atoms with Crippen LogP contribution in [-0.4, -0.2) is 46.2 Å². The zero-order chi connectivity index (χ0) is 10.9. The molecule has 5 nitrogen and oxygen atoms in total. The van der Waals surface area contributed by atoms with Gasteiger partial charge in [-0.05, 0) is 6.42 Å². The van der Waals surface area contributed by atoms with Crippen LogP contribution in [0.3, 0.4) is 0 Å². The average molecular weight is 236 g/mol. The Labute approximate surface area is 89.8 Å². The van der Waals surface area contributed by atoms with Gasteiger partial charge in [0.1, 0.15) is 0 Å². The highest BCUT2D eigenvalue weighted by Gasteiger charge is 2.42. The molecule has 2 atom stereocenters. The van der Waals surface area contributed by atoms with Crippen molar-refractivity contribution in [1.29, 1.82) is 0 Å². The third-order valence-electron chi connectivity index (χ3n) is 2.83. The Morgan fingerprint density at radius 3 is 2.80 bits per heavy atom. The van der Waals surface area contributed by atoms with Gasteiger partial charge in [0.2, 0.25) is 0 Å². The van der Waals surface area contributed by atoms with Gasteiger partial charge in [-0.25, -0.2) is 0 Å². The summed E-state index contributed by atoms with van der Waals surface area (Å²) >= 11 is 0. The van der Waals surface area contributed by atoms with E-state index in [0.29, 0.717) is 32.7 Å². The summed E-state index contributed by atoms with van der Waals surface area (Å²) in [6.45, 7) is 1.78. The van der Waals surface area contributed by atoms with Gasteiger partial charge in [0, 0.05) is 26.1 Å². The zero-order valence-electron chi connectivity index (χ0n) is 8.77. The van der Waals surface area contributed by atoms with Crippen LogP contribution in [0.25, 0.3) is 0 Å². The molecular weight excluding hydrogens is 220 g/mol. The van der Waals surface area contributed by atoms with Gasteiger partial charge in [0.15, 0.2) is 0 Å². The first-order valence-corrected chi connectivity index (χ1v) is 6.91. The van der Waals surface area contributed by atoms with Crippen molar-refractivity contribution in [2.24, 2.45) is 0 Å². The van der Waals surface area contributed by atoms with Gasteiger partial charge in [0.05, 0.1) is 24.6 Å². The molecule has 6 heteroatoms. The van der Waals surface area contributed by atoms with Crippen molar-refractivity contribution < 1.29 is 22.1 Å². The van der Waals surface area contributed by atoms with Crippen LogP contribution in [0.15, 0.2) is 0 Å². The fraction of sp³-hybridized carbons (Fsp3) is 1.00. The Morgan fingerprint density at radius 1 is 1.40 bits per heavy atom. The minimum atomic E-state index is -3.37. The van der Waals surface area contributed by atoms with Crippen molar-refractivity contribution in [2.75, 3.05) is 26.1 Å². The summed E-state index contributed by atoms with van der Waals surface area (Å²) in [5.74, 6) is 0. The molecule has 0 saturated carbocycles. The molecule has 0 aliphatic carbocycles. The molecule has 0 radical (unpaired) electrons. The molecule has 0 unspecified atom stereocenters. The molecule has 88 valence electrons. The molecule has 0 bridgehead atoms. The number of hydrogen-bond acceptors (Lipinski definition) is 5. The molecule has 1 spiro atoms. The predicted octanol–water partition coefficient (Wildman–Crippen LogP) is 0.301. The fourth-order valence-electron chi connectivity index (χ4n) is 2.18. The van der Waals surface area contributed by atoms with Gasteiger partial charge >= 0.3 is 0 Å². The Hall–Kier alpha value is -0.170. The lowest BCUT2D eigenvalue weighted by Gasteiger charge is -2.36. The van der Waals surface area contributed by atoms with Crippen molar-refractivity contribution in [1.82, 2.24) is 0 Å². The highest BCUT2D eigenvalue weighted by atomic mass is 32.2. The Bertz CT molecular complexity index is 317. The van der Waals surface area contributed by atoms with Gasteiger partial charge in [0.25, 0.3) is 10.1 Å².